The van der Waals surface area contributed by atoms with Gasteiger partial charge in [0, 0.05) is 6.04 Å². The highest BCUT2D eigenvalue weighted by Gasteiger charge is 2.24. The van der Waals surface area contributed by atoms with Gasteiger partial charge in [0.2, 0.25) is 0 Å². The van der Waals surface area contributed by atoms with Crippen LogP contribution in [0.4, 0.5) is 0 Å². The summed E-state index contributed by atoms with van der Waals surface area (Å²) in [5, 5.41) is 3.68. The second-order valence-electron chi connectivity index (χ2n) is 4.01. The van der Waals surface area contributed by atoms with E-state index in [2.05, 4.69) is 19.2 Å². The van der Waals surface area contributed by atoms with Gasteiger partial charge in [-0.2, -0.15) is 0 Å². The number of nitrogens with one attached hydrogen (secondary N) is 1. The molecule has 0 heterocycles. The Balaban J connectivity index is 2.12. The lowest BCUT2D eigenvalue weighted by Gasteiger charge is -2.19. The molecule has 2 atom stereocenters. The minimum absolute atomic E-state index is 0.849. The van der Waals surface area contributed by atoms with Gasteiger partial charge >= 0.3 is 0 Å². The van der Waals surface area contributed by atoms with Crippen LogP contribution >= 0.6 is 0 Å². The predicted octanol–water partition coefficient (Wildman–Crippen LogP) is 2.95. The van der Waals surface area contributed by atoms with Gasteiger partial charge in [-0.15, -0.1) is 0 Å². The van der Waals surface area contributed by atoms with Gasteiger partial charge in [0.05, 0.1) is 0 Å². The Bertz CT molecular complexity index is 112. The molecule has 0 aromatic carbocycles. The highest BCUT2D eigenvalue weighted by atomic mass is 14.9. The predicted molar refractivity (Wildman–Crippen MR) is 54.3 cm³/mol. The first-order valence-electron chi connectivity index (χ1n) is 5.61. The van der Waals surface area contributed by atoms with E-state index < -0.39 is 0 Å². The van der Waals surface area contributed by atoms with Crippen molar-refractivity contribution in [2.45, 2.75) is 58.4 Å². The van der Waals surface area contributed by atoms with E-state index in [1.807, 2.05) is 0 Å². The molecule has 2 unspecified atom stereocenters. The summed E-state index contributed by atoms with van der Waals surface area (Å²) in [6, 6.07) is 0.849. The molecule has 0 aromatic heterocycles. The van der Waals surface area contributed by atoms with Crippen LogP contribution in [0.2, 0.25) is 0 Å². The molecule has 1 rings (SSSR count). The Labute approximate surface area is 76.9 Å². The third kappa shape index (κ3) is 2.78. The van der Waals surface area contributed by atoms with Crippen molar-refractivity contribution in [2.75, 3.05) is 6.54 Å². The van der Waals surface area contributed by atoms with Crippen LogP contribution in [0.3, 0.4) is 0 Å². The zero-order valence-corrected chi connectivity index (χ0v) is 8.60. The van der Waals surface area contributed by atoms with E-state index in [1.54, 1.807) is 0 Å². The largest absolute Gasteiger partial charge is 0.314 e. The average Bonchev–Trinajstić information content (AvgIpc) is 2.52. The molecular formula is C11H23N. The van der Waals surface area contributed by atoms with Gasteiger partial charge in [-0.05, 0) is 31.7 Å². The van der Waals surface area contributed by atoms with Crippen LogP contribution in [0.1, 0.15) is 52.4 Å². The third-order valence-corrected chi connectivity index (χ3v) is 3.12. The van der Waals surface area contributed by atoms with Gasteiger partial charge in [-0.25, -0.2) is 0 Å². The monoisotopic (exact) mass is 169 g/mol. The second-order valence-corrected chi connectivity index (χ2v) is 4.01. The van der Waals surface area contributed by atoms with Crippen molar-refractivity contribution in [1.82, 2.24) is 5.32 Å². The first-order valence-corrected chi connectivity index (χ1v) is 5.61. The Hall–Kier alpha value is -0.0400. The van der Waals surface area contributed by atoms with E-state index in [0.29, 0.717) is 0 Å². The standard InChI is InChI=1S/C11H23N/c1-3-5-9-12-11-8-6-7-10(11)4-2/h10-12H,3-9H2,1-2H3. The van der Waals surface area contributed by atoms with Crippen molar-refractivity contribution in [2.24, 2.45) is 5.92 Å². The molecule has 0 spiro atoms. The molecule has 0 bridgehead atoms. The van der Waals surface area contributed by atoms with Crippen molar-refractivity contribution >= 4 is 0 Å². The Kier molecular flexibility index (Phi) is 4.67. The summed E-state index contributed by atoms with van der Waals surface area (Å²) in [5.41, 5.74) is 0. The second kappa shape index (κ2) is 5.58. The van der Waals surface area contributed by atoms with E-state index >= 15 is 0 Å². The van der Waals surface area contributed by atoms with Gasteiger partial charge < -0.3 is 5.32 Å². The number of hydrogen-bond donors (Lipinski definition) is 1. The quantitative estimate of drug-likeness (QED) is 0.624. The zero-order chi connectivity index (χ0) is 8.81. The molecule has 1 nitrogen and oxygen atoms in total. The van der Waals surface area contributed by atoms with Gasteiger partial charge in [-0.3, -0.25) is 0 Å². The van der Waals surface area contributed by atoms with Crippen molar-refractivity contribution in [3.8, 4) is 0 Å². The molecule has 1 saturated carbocycles. The summed E-state index contributed by atoms with van der Waals surface area (Å²) in [4.78, 5) is 0. The van der Waals surface area contributed by atoms with Gasteiger partial charge in [0.25, 0.3) is 0 Å². The average molecular weight is 169 g/mol. The highest BCUT2D eigenvalue weighted by molar-refractivity contribution is 4.81. The number of hydrogen-bond acceptors (Lipinski definition) is 1. The van der Waals surface area contributed by atoms with Crippen LogP contribution in [0.5, 0.6) is 0 Å². The summed E-state index contributed by atoms with van der Waals surface area (Å²) in [6.45, 7) is 5.82. The molecule has 1 aliphatic rings. The molecule has 1 aliphatic carbocycles. The molecule has 0 radical (unpaired) electrons. The van der Waals surface area contributed by atoms with Gasteiger partial charge in [0.1, 0.15) is 0 Å². The highest BCUT2D eigenvalue weighted by Crippen LogP contribution is 2.27. The SMILES string of the molecule is CCCCNC1CCCC1CC. The normalized spacial score (nSPS) is 29.5. The molecule has 1 heteroatoms. The van der Waals surface area contributed by atoms with Crippen LogP contribution in [0.25, 0.3) is 0 Å². The van der Waals surface area contributed by atoms with Crippen molar-refractivity contribution in [1.29, 1.82) is 0 Å². The molecule has 72 valence electrons. The molecule has 0 amide bonds. The van der Waals surface area contributed by atoms with Crippen molar-refractivity contribution in [3.63, 3.8) is 0 Å². The molecule has 1 N–H and O–H groups in total. The fourth-order valence-corrected chi connectivity index (χ4v) is 2.26. The van der Waals surface area contributed by atoms with Crippen LogP contribution in [0.15, 0.2) is 0 Å². The van der Waals surface area contributed by atoms with Crippen LogP contribution in [-0.2, 0) is 0 Å². The van der Waals surface area contributed by atoms with Crippen LogP contribution in [-0.4, -0.2) is 12.6 Å². The number of unbranched alkanes of at least 4 members (excludes halogenated alkanes) is 1. The van der Waals surface area contributed by atoms with Crippen LogP contribution < -0.4 is 5.32 Å². The number of rotatable bonds is 5. The summed E-state index contributed by atoms with van der Waals surface area (Å²) in [7, 11) is 0. The van der Waals surface area contributed by atoms with Crippen molar-refractivity contribution in [3.05, 3.63) is 0 Å². The first-order chi connectivity index (χ1) is 5.88. The van der Waals surface area contributed by atoms with Crippen molar-refractivity contribution < 1.29 is 0 Å². The minimum atomic E-state index is 0.849. The summed E-state index contributed by atoms with van der Waals surface area (Å²) in [5.74, 6) is 0.974. The minimum Gasteiger partial charge on any atom is -0.314 e. The maximum absolute atomic E-state index is 3.68. The van der Waals surface area contributed by atoms with Crippen LogP contribution in [0, 0.1) is 5.92 Å². The summed E-state index contributed by atoms with van der Waals surface area (Å²) < 4.78 is 0. The zero-order valence-electron chi connectivity index (χ0n) is 8.60. The third-order valence-electron chi connectivity index (χ3n) is 3.12. The molecule has 12 heavy (non-hydrogen) atoms. The van der Waals surface area contributed by atoms with E-state index in [-0.39, 0.29) is 0 Å². The van der Waals surface area contributed by atoms with Gasteiger partial charge in [-0.1, -0.05) is 33.1 Å². The maximum Gasteiger partial charge on any atom is 0.00952 e. The molecular weight excluding hydrogens is 146 g/mol. The maximum atomic E-state index is 3.68. The van der Waals surface area contributed by atoms with E-state index in [9.17, 15) is 0 Å². The van der Waals surface area contributed by atoms with E-state index in [0.717, 1.165) is 12.0 Å². The lowest BCUT2D eigenvalue weighted by atomic mass is 10.0. The topological polar surface area (TPSA) is 12.0 Å². The summed E-state index contributed by atoms with van der Waals surface area (Å²) >= 11 is 0. The molecule has 0 aliphatic heterocycles. The lowest BCUT2D eigenvalue weighted by molar-refractivity contribution is 0.388. The molecule has 0 aromatic rings. The molecule has 0 saturated heterocycles. The fraction of sp³-hybridized carbons (Fsp3) is 1.00. The molecule has 1 fully saturated rings. The summed E-state index contributed by atoms with van der Waals surface area (Å²) in [6.07, 6.45) is 8.35. The Morgan fingerprint density at radius 3 is 2.75 bits per heavy atom. The smallest absolute Gasteiger partial charge is 0.00952 e. The van der Waals surface area contributed by atoms with Gasteiger partial charge in [0.15, 0.2) is 0 Å². The lowest BCUT2D eigenvalue weighted by Crippen LogP contribution is -2.32. The fourth-order valence-electron chi connectivity index (χ4n) is 2.26. The Morgan fingerprint density at radius 2 is 2.08 bits per heavy atom. The Morgan fingerprint density at radius 1 is 1.25 bits per heavy atom. The van der Waals surface area contributed by atoms with E-state index in [1.165, 1.54) is 45.1 Å². The van der Waals surface area contributed by atoms with E-state index in [4.69, 9.17) is 0 Å². The first kappa shape index (κ1) is 10.0.